The Morgan fingerprint density at radius 1 is 1.00 bits per heavy atom. The van der Waals surface area contributed by atoms with Gasteiger partial charge >= 0.3 is 5.97 Å². The van der Waals surface area contributed by atoms with Crippen LogP contribution in [-0.2, 0) is 25.5 Å². The van der Waals surface area contributed by atoms with Crippen molar-refractivity contribution < 1.29 is 23.9 Å². The van der Waals surface area contributed by atoms with Gasteiger partial charge in [0.15, 0.2) is 11.7 Å². The minimum Gasteiger partial charge on any atom is -0.483 e. The second-order valence-electron chi connectivity index (χ2n) is 6.71. The lowest BCUT2D eigenvalue weighted by Crippen LogP contribution is -2.49. The Kier molecular flexibility index (Phi) is 10.6. The standard InChI is InChI=1S/C22H24BrN3O5S/c1-15-13-17(23)7-8-18(15)31-14-20(28)25-26-22(32)24-19(27)9-10-21(29)30-12-11-16-5-3-2-4-6-16/h2-8,13H,9-12,14H2,1H3,(H,25,28)(H2,24,26,27,32). The molecule has 32 heavy (non-hydrogen) atoms. The Bertz CT molecular complexity index is 956. The number of hydrogen-bond donors (Lipinski definition) is 3. The quantitative estimate of drug-likeness (QED) is 0.264. The Balaban J connectivity index is 1.57. The summed E-state index contributed by atoms with van der Waals surface area (Å²) in [7, 11) is 0. The number of esters is 1. The molecule has 10 heteroatoms. The average Bonchev–Trinajstić information content (AvgIpc) is 2.76. The fourth-order valence-electron chi connectivity index (χ4n) is 2.52. The average molecular weight is 522 g/mol. The number of benzene rings is 2. The number of thiocarbonyl (C=S) groups is 1. The van der Waals surface area contributed by atoms with E-state index in [4.69, 9.17) is 21.7 Å². The minimum atomic E-state index is -0.481. The number of carbonyl (C=O) groups is 3. The number of halogens is 1. The predicted octanol–water partition coefficient (Wildman–Crippen LogP) is 2.72. The summed E-state index contributed by atoms with van der Waals surface area (Å²) in [6.07, 6.45) is 0.444. The van der Waals surface area contributed by atoms with Crippen LogP contribution < -0.4 is 20.9 Å². The molecular formula is C22H24BrN3O5S. The maximum absolute atomic E-state index is 11.9. The number of hydrazine groups is 1. The normalized spacial score (nSPS) is 10.1. The summed E-state index contributed by atoms with van der Waals surface area (Å²) in [6.45, 7) is 1.87. The Morgan fingerprint density at radius 2 is 1.75 bits per heavy atom. The van der Waals surface area contributed by atoms with Crippen molar-refractivity contribution in [2.75, 3.05) is 13.2 Å². The van der Waals surface area contributed by atoms with Gasteiger partial charge in [-0.25, -0.2) is 0 Å². The molecule has 0 aliphatic heterocycles. The Labute approximate surface area is 200 Å². The lowest BCUT2D eigenvalue weighted by Gasteiger charge is -2.12. The first-order valence-corrected chi connectivity index (χ1v) is 11.0. The first-order valence-electron chi connectivity index (χ1n) is 9.80. The molecule has 170 valence electrons. The molecule has 0 fully saturated rings. The van der Waals surface area contributed by atoms with Gasteiger partial charge in [0, 0.05) is 17.3 Å². The van der Waals surface area contributed by atoms with Gasteiger partial charge < -0.3 is 14.8 Å². The Morgan fingerprint density at radius 3 is 2.47 bits per heavy atom. The third kappa shape index (κ3) is 9.88. The first-order chi connectivity index (χ1) is 15.3. The fourth-order valence-corrected chi connectivity index (χ4v) is 3.16. The number of hydrogen-bond acceptors (Lipinski definition) is 6. The third-order valence-electron chi connectivity index (χ3n) is 4.12. The smallest absolute Gasteiger partial charge is 0.306 e. The van der Waals surface area contributed by atoms with E-state index in [1.165, 1.54) is 0 Å². The van der Waals surface area contributed by atoms with Crippen LogP contribution in [0.15, 0.2) is 53.0 Å². The van der Waals surface area contributed by atoms with Crippen LogP contribution in [0.2, 0.25) is 0 Å². The number of rotatable bonds is 9. The molecule has 2 amide bonds. The fraction of sp³-hybridized carbons (Fsp3) is 0.273. The molecule has 0 bridgehead atoms. The van der Waals surface area contributed by atoms with Gasteiger partial charge in [-0.15, -0.1) is 0 Å². The van der Waals surface area contributed by atoms with Crippen LogP contribution in [-0.4, -0.2) is 36.1 Å². The largest absolute Gasteiger partial charge is 0.483 e. The molecule has 2 aromatic carbocycles. The van der Waals surface area contributed by atoms with Crippen LogP contribution in [0.25, 0.3) is 0 Å². The van der Waals surface area contributed by atoms with E-state index in [1.54, 1.807) is 6.07 Å². The molecule has 2 aromatic rings. The van der Waals surface area contributed by atoms with Crippen molar-refractivity contribution >= 4 is 51.0 Å². The number of ether oxygens (including phenoxy) is 2. The lowest BCUT2D eigenvalue weighted by molar-refractivity contribution is -0.144. The van der Waals surface area contributed by atoms with Crippen LogP contribution in [0, 0.1) is 6.92 Å². The van der Waals surface area contributed by atoms with Crippen molar-refractivity contribution in [2.24, 2.45) is 0 Å². The van der Waals surface area contributed by atoms with Crippen LogP contribution in [0.3, 0.4) is 0 Å². The van der Waals surface area contributed by atoms with Crippen molar-refractivity contribution in [3.63, 3.8) is 0 Å². The van der Waals surface area contributed by atoms with Gasteiger partial charge in [-0.05, 0) is 48.5 Å². The molecule has 0 unspecified atom stereocenters. The zero-order chi connectivity index (χ0) is 23.3. The highest BCUT2D eigenvalue weighted by Gasteiger charge is 2.11. The highest BCUT2D eigenvalue weighted by Crippen LogP contribution is 2.21. The molecule has 0 aliphatic rings. The van der Waals surface area contributed by atoms with Gasteiger partial charge in [-0.2, -0.15) is 0 Å². The summed E-state index contributed by atoms with van der Waals surface area (Å²) >= 11 is 8.30. The summed E-state index contributed by atoms with van der Waals surface area (Å²) < 4.78 is 11.5. The molecule has 0 saturated carbocycles. The molecule has 0 heterocycles. The van der Waals surface area contributed by atoms with Crippen molar-refractivity contribution in [1.82, 2.24) is 16.2 Å². The number of amides is 2. The second kappa shape index (κ2) is 13.4. The second-order valence-corrected chi connectivity index (χ2v) is 8.03. The third-order valence-corrected chi connectivity index (χ3v) is 4.81. The molecule has 0 aromatic heterocycles. The van der Waals surface area contributed by atoms with Crippen LogP contribution in [0.1, 0.15) is 24.0 Å². The van der Waals surface area contributed by atoms with Gasteiger partial charge in [-0.1, -0.05) is 46.3 Å². The van der Waals surface area contributed by atoms with Gasteiger partial charge in [0.2, 0.25) is 5.91 Å². The van der Waals surface area contributed by atoms with Crippen molar-refractivity contribution in [2.45, 2.75) is 26.2 Å². The van der Waals surface area contributed by atoms with E-state index in [0.717, 1.165) is 15.6 Å². The van der Waals surface area contributed by atoms with E-state index in [-0.39, 0.29) is 31.2 Å². The predicted molar refractivity (Wildman–Crippen MR) is 127 cm³/mol. The van der Waals surface area contributed by atoms with Crippen LogP contribution in [0.4, 0.5) is 0 Å². The summed E-state index contributed by atoms with van der Waals surface area (Å²) in [6, 6.07) is 15.1. The number of carbonyl (C=O) groups excluding carboxylic acids is 3. The molecule has 8 nitrogen and oxygen atoms in total. The van der Waals surface area contributed by atoms with E-state index < -0.39 is 17.8 Å². The van der Waals surface area contributed by atoms with E-state index in [2.05, 4.69) is 32.1 Å². The van der Waals surface area contributed by atoms with E-state index in [9.17, 15) is 14.4 Å². The summed E-state index contributed by atoms with van der Waals surface area (Å²) in [5, 5.41) is 2.28. The lowest BCUT2D eigenvalue weighted by atomic mass is 10.2. The summed E-state index contributed by atoms with van der Waals surface area (Å²) in [5.41, 5.74) is 6.68. The molecule has 0 radical (unpaired) electrons. The SMILES string of the molecule is Cc1cc(Br)ccc1OCC(=O)NNC(=S)NC(=O)CCC(=O)OCCc1ccccc1. The van der Waals surface area contributed by atoms with Crippen LogP contribution >= 0.6 is 28.1 Å². The molecular weight excluding hydrogens is 498 g/mol. The Hall–Kier alpha value is -2.98. The van der Waals surface area contributed by atoms with Crippen molar-refractivity contribution in [3.05, 3.63) is 64.1 Å². The highest BCUT2D eigenvalue weighted by molar-refractivity contribution is 9.10. The maximum Gasteiger partial charge on any atom is 0.306 e. The van der Waals surface area contributed by atoms with E-state index in [0.29, 0.717) is 12.2 Å². The van der Waals surface area contributed by atoms with E-state index in [1.807, 2.05) is 49.4 Å². The minimum absolute atomic E-state index is 0.0734. The highest BCUT2D eigenvalue weighted by atomic mass is 79.9. The van der Waals surface area contributed by atoms with Gasteiger partial charge in [-0.3, -0.25) is 25.2 Å². The zero-order valence-corrected chi connectivity index (χ0v) is 19.9. The topological polar surface area (TPSA) is 106 Å². The molecule has 0 atom stereocenters. The molecule has 0 aliphatic carbocycles. The summed E-state index contributed by atoms with van der Waals surface area (Å²) in [5.74, 6) is -0.845. The number of nitrogens with one attached hydrogen (secondary N) is 3. The van der Waals surface area contributed by atoms with Crippen LogP contribution in [0.5, 0.6) is 5.75 Å². The molecule has 0 saturated heterocycles. The maximum atomic E-state index is 11.9. The van der Waals surface area contributed by atoms with Crippen molar-refractivity contribution in [3.8, 4) is 5.75 Å². The van der Waals surface area contributed by atoms with E-state index >= 15 is 0 Å². The van der Waals surface area contributed by atoms with Gasteiger partial charge in [0.1, 0.15) is 5.75 Å². The zero-order valence-electron chi connectivity index (χ0n) is 17.5. The van der Waals surface area contributed by atoms with Gasteiger partial charge in [0.05, 0.1) is 13.0 Å². The molecule has 0 spiro atoms. The number of aryl methyl sites for hydroxylation is 1. The van der Waals surface area contributed by atoms with Gasteiger partial charge in [0.25, 0.3) is 5.91 Å². The monoisotopic (exact) mass is 521 g/mol. The van der Waals surface area contributed by atoms with Crippen molar-refractivity contribution in [1.29, 1.82) is 0 Å². The molecule has 3 N–H and O–H groups in total. The first kappa shape index (κ1) is 25.3. The summed E-state index contributed by atoms with van der Waals surface area (Å²) in [4.78, 5) is 35.5. The molecule has 2 rings (SSSR count).